The zero-order chi connectivity index (χ0) is 12.2. The topological polar surface area (TPSA) is 3.24 Å². The predicted molar refractivity (Wildman–Crippen MR) is 78.5 cm³/mol. The molecule has 1 atom stereocenters. The Morgan fingerprint density at radius 1 is 0.944 bits per heavy atom. The highest BCUT2D eigenvalue weighted by molar-refractivity contribution is 7.99. The van der Waals surface area contributed by atoms with Gasteiger partial charge in [0.1, 0.15) is 0 Å². The second-order valence-corrected chi connectivity index (χ2v) is 5.78. The van der Waals surface area contributed by atoms with Crippen LogP contribution in [0.4, 0.5) is 0 Å². The molecule has 2 heteroatoms. The molecule has 0 radical (unpaired) electrons. The first-order valence-electron chi connectivity index (χ1n) is 6.38. The van der Waals surface area contributed by atoms with Crippen LogP contribution in [0.5, 0.6) is 0 Å². The first-order chi connectivity index (χ1) is 8.93. The van der Waals surface area contributed by atoms with Crippen LogP contribution in [0.3, 0.4) is 0 Å². The summed E-state index contributed by atoms with van der Waals surface area (Å²) >= 11 is 2.05. The van der Waals surface area contributed by atoms with Crippen LogP contribution in [0, 0.1) is 0 Å². The third-order valence-electron chi connectivity index (χ3n) is 3.30. The van der Waals surface area contributed by atoms with Gasteiger partial charge < -0.3 is 0 Å². The van der Waals surface area contributed by atoms with Crippen molar-refractivity contribution in [3.63, 3.8) is 0 Å². The number of hydrogen-bond donors (Lipinski definition) is 0. The minimum absolute atomic E-state index is 0.520. The number of hydrogen-bond acceptors (Lipinski definition) is 2. The highest BCUT2D eigenvalue weighted by atomic mass is 32.2. The molecule has 18 heavy (non-hydrogen) atoms. The molecule has 0 bridgehead atoms. The Bertz CT molecular complexity index is 483. The summed E-state index contributed by atoms with van der Waals surface area (Å²) < 4.78 is 0. The van der Waals surface area contributed by atoms with E-state index >= 15 is 0 Å². The van der Waals surface area contributed by atoms with Crippen molar-refractivity contribution in [2.75, 3.05) is 12.3 Å². The Labute approximate surface area is 113 Å². The maximum Gasteiger partial charge on any atom is 0.0817 e. The van der Waals surface area contributed by atoms with Crippen LogP contribution in [-0.4, -0.2) is 17.2 Å². The molecular formula is C16H17NS. The Balaban J connectivity index is 1.76. The van der Waals surface area contributed by atoms with Crippen molar-refractivity contribution in [2.24, 2.45) is 0 Å². The standard InChI is InChI=1S/C16H17NS/c1-3-7-14(8-4-1)13-17-11-12-18-16(17)15-9-5-2-6-10-15/h1-10,16H,11-13H2. The highest BCUT2D eigenvalue weighted by Gasteiger charge is 2.26. The van der Waals surface area contributed by atoms with Crippen molar-refractivity contribution < 1.29 is 0 Å². The molecule has 0 aromatic heterocycles. The first kappa shape index (κ1) is 11.8. The van der Waals surface area contributed by atoms with Gasteiger partial charge in [0, 0.05) is 18.8 Å². The maximum atomic E-state index is 2.56. The molecule has 1 heterocycles. The molecule has 1 aliphatic rings. The van der Waals surface area contributed by atoms with Crippen molar-refractivity contribution in [1.82, 2.24) is 4.90 Å². The SMILES string of the molecule is c1ccc(CN2CCSC2c2ccccc2)cc1. The van der Waals surface area contributed by atoms with E-state index in [2.05, 4.69) is 65.6 Å². The lowest BCUT2D eigenvalue weighted by Gasteiger charge is -2.23. The molecule has 0 aliphatic carbocycles. The summed E-state index contributed by atoms with van der Waals surface area (Å²) in [5.41, 5.74) is 2.83. The minimum atomic E-state index is 0.520. The molecule has 0 N–H and O–H groups in total. The molecule has 1 fully saturated rings. The summed E-state index contributed by atoms with van der Waals surface area (Å²) in [6, 6.07) is 21.6. The molecule has 0 saturated carbocycles. The number of rotatable bonds is 3. The molecule has 2 aromatic carbocycles. The summed E-state index contributed by atoms with van der Waals surface area (Å²) in [5, 5.41) is 0.520. The fourth-order valence-electron chi connectivity index (χ4n) is 2.41. The Morgan fingerprint density at radius 3 is 2.33 bits per heavy atom. The molecule has 1 unspecified atom stereocenters. The van der Waals surface area contributed by atoms with Gasteiger partial charge in [0.05, 0.1) is 5.37 Å². The molecule has 1 saturated heterocycles. The van der Waals surface area contributed by atoms with E-state index in [1.165, 1.54) is 23.4 Å². The van der Waals surface area contributed by atoms with Crippen LogP contribution in [0.2, 0.25) is 0 Å². The van der Waals surface area contributed by atoms with Crippen molar-refractivity contribution >= 4 is 11.8 Å². The fraction of sp³-hybridized carbons (Fsp3) is 0.250. The summed E-state index contributed by atoms with van der Waals surface area (Å²) in [6.45, 7) is 2.23. The second kappa shape index (κ2) is 5.59. The van der Waals surface area contributed by atoms with E-state index in [9.17, 15) is 0 Å². The van der Waals surface area contributed by atoms with Gasteiger partial charge >= 0.3 is 0 Å². The lowest BCUT2D eigenvalue weighted by molar-refractivity contribution is 0.282. The molecule has 92 valence electrons. The zero-order valence-corrected chi connectivity index (χ0v) is 11.1. The average Bonchev–Trinajstić information content (AvgIpc) is 2.89. The van der Waals surface area contributed by atoms with Crippen LogP contribution in [0.1, 0.15) is 16.5 Å². The second-order valence-electron chi connectivity index (χ2n) is 4.59. The molecule has 0 spiro atoms. The van der Waals surface area contributed by atoms with Crippen molar-refractivity contribution in [3.05, 3.63) is 71.8 Å². The monoisotopic (exact) mass is 255 g/mol. The summed E-state index contributed by atoms with van der Waals surface area (Å²) in [5.74, 6) is 1.23. The molecule has 2 aromatic rings. The van der Waals surface area contributed by atoms with Crippen molar-refractivity contribution in [1.29, 1.82) is 0 Å². The Hall–Kier alpha value is -1.25. The van der Waals surface area contributed by atoms with Gasteiger partial charge in [-0.1, -0.05) is 60.7 Å². The summed E-state index contributed by atoms with van der Waals surface area (Å²) in [6.07, 6.45) is 0. The van der Waals surface area contributed by atoms with Gasteiger partial charge in [-0.15, -0.1) is 11.8 Å². The van der Waals surface area contributed by atoms with Gasteiger partial charge in [0.15, 0.2) is 0 Å². The highest BCUT2D eigenvalue weighted by Crippen LogP contribution is 2.38. The minimum Gasteiger partial charge on any atom is -0.283 e. The molecular weight excluding hydrogens is 238 g/mol. The first-order valence-corrected chi connectivity index (χ1v) is 7.43. The van der Waals surface area contributed by atoms with Gasteiger partial charge in [-0.05, 0) is 11.1 Å². The van der Waals surface area contributed by atoms with Crippen LogP contribution < -0.4 is 0 Å². The number of benzene rings is 2. The van der Waals surface area contributed by atoms with Crippen LogP contribution in [0.15, 0.2) is 60.7 Å². The van der Waals surface area contributed by atoms with E-state index in [0.717, 1.165) is 6.54 Å². The number of thioether (sulfide) groups is 1. The number of nitrogens with zero attached hydrogens (tertiary/aromatic N) is 1. The third-order valence-corrected chi connectivity index (χ3v) is 4.60. The fourth-order valence-corrected chi connectivity index (χ4v) is 3.71. The van der Waals surface area contributed by atoms with E-state index in [1.54, 1.807) is 0 Å². The zero-order valence-electron chi connectivity index (χ0n) is 10.3. The van der Waals surface area contributed by atoms with Gasteiger partial charge in [-0.25, -0.2) is 0 Å². The van der Waals surface area contributed by atoms with Gasteiger partial charge in [0.2, 0.25) is 0 Å². The lowest BCUT2D eigenvalue weighted by atomic mass is 10.1. The quantitative estimate of drug-likeness (QED) is 0.817. The largest absolute Gasteiger partial charge is 0.283 e. The molecule has 1 nitrogen and oxygen atoms in total. The van der Waals surface area contributed by atoms with Gasteiger partial charge in [-0.3, -0.25) is 4.90 Å². The summed E-state index contributed by atoms with van der Waals surface area (Å²) in [4.78, 5) is 2.56. The van der Waals surface area contributed by atoms with Crippen molar-refractivity contribution in [3.8, 4) is 0 Å². The van der Waals surface area contributed by atoms with Crippen molar-refractivity contribution in [2.45, 2.75) is 11.9 Å². The lowest BCUT2D eigenvalue weighted by Crippen LogP contribution is -2.22. The smallest absolute Gasteiger partial charge is 0.0817 e. The van der Waals surface area contributed by atoms with E-state index in [1.807, 2.05) is 11.8 Å². The molecule has 0 amide bonds. The molecule has 1 aliphatic heterocycles. The normalized spacial score (nSPS) is 20.1. The van der Waals surface area contributed by atoms with E-state index in [0.29, 0.717) is 5.37 Å². The maximum absolute atomic E-state index is 2.56. The molecule has 3 rings (SSSR count). The van der Waals surface area contributed by atoms with Crippen LogP contribution in [0.25, 0.3) is 0 Å². The van der Waals surface area contributed by atoms with Gasteiger partial charge in [0.25, 0.3) is 0 Å². The predicted octanol–water partition coefficient (Wildman–Crippen LogP) is 3.93. The third kappa shape index (κ3) is 2.60. The average molecular weight is 255 g/mol. The van der Waals surface area contributed by atoms with E-state index in [4.69, 9.17) is 0 Å². The van der Waals surface area contributed by atoms with E-state index < -0.39 is 0 Å². The van der Waals surface area contributed by atoms with E-state index in [-0.39, 0.29) is 0 Å². The van der Waals surface area contributed by atoms with Crippen LogP contribution >= 0.6 is 11.8 Å². The van der Waals surface area contributed by atoms with Crippen LogP contribution in [-0.2, 0) is 6.54 Å². The Kier molecular flexibility index (Phi) is 3.67. The van der Waals surface area contributed by atoms with Gasteiger partial charge in [-0.2, -0.15) is 0 Å². The Morgan fingerprint density at radius 2 is 1.61 bits per heavy atom. The summed E-state index contributed by atoms with van der Waals surface area (Å²) in [7, 11) is 0.